The molecule has 2 heterocycles. The molecule has 16 heavy (non-hydrogen) atoms. The molecule has 0 saturated carbocycles. The molecule has 0 aliphatic carbocycles. The van der Waals surface area contributed by atoms with Gasteiger partial charge in [0, 0.05) is 23.1 Å². The highest BCUT2D eigenvalue weighted by molar-refractivity contribution is 9.10. The first kappa shape index (κ1) is 11.2. The molecule has 84 valence electrons. The Balaban J connectivity index is 2.35. The summed E-state index contributed by atoms with van der Waals surface area (Å²) in [6, 6.07) is 3.71. The van der Waals surface area contributed by atoms with Gasteiger partial charge in [0.25, 0.3) is 0 Å². The molecule has 0 aliphatic heterocycles. The molecule has 0 aromatic carbocycles. The van der Waals surface area contributed by atoms with Gasteiger partial charge >= 0.3 is 0 Å². The lowest BCUT2D eigenvalue weighted by Gasteiger charge is -1.99. The van der Waals surface area contributed by atoms with Crippen LogP contribution in [0.5, 0.6) is 0 Å². The van der Waals surface area contributed by atoms with Crippen molar-refractivity contribution >= 4 is 15.9 Å². The Hall–Kier alpha value is -1.27. The smallest absolute Gasteiger partial charge is 0.231 e. The number of hydrogen-bond acceptors (Lipinski definition) is 5. The molecular weight excluding hydrogens is 272 g/mol. The van der Waals surface area contributed by atoms with Crippen LogP contribution in [-0.2, 0) is 0 Å². The van der Waals surface area contributed by atoms with Crippen LogP contribution in [0.2, 0.25) is 0 Å². The number of rotatable bonds is 3. The number of aromatic nitrogens is 3. The third kappa shape index (κ3) is 2.12. The number of nitrogens with two attached hydrogens (primary N) is 1. The Kier molecular flexibility index (Phi) is 3.31. The van der Waals surface area contributed by atoms with E-state index in [1.165, 1.54) is 0 Å². The third-order valence-electron chi connectivity index (χ3n) is 2.19. The third-order valence-corrected chi connectivity index (χ3v) is 2.83. The van der Waals surface area contributed by atoms with Gasteiger partial charge in [0.15, 0.2) is 0 Å². The van der Waals surface area contributed by atoms with E-state index in [4.69, 9.17) is 10.3 Å². The SMILES string of the molecule is CC(CN)c1nc(-c2ncccc2Br)no1. The van der Waals surface area contributed by atoms with Gasteiger partial charge in [-0.15, -0.1) is 0 Å². The molecule has 2 aromatic heterocycles. The van der Waals surface area contributed by atoms with Gasteiger partial charge in [-0.3, -0.25) is 4.98 Å². The Morgan fingerprint density at radius 1 is 1.56 bits per heavy atom. The van der Waals surface area contributed by atoms with Crippen LogP contribution in [0.4, 0.5) is 0 Å². The Bertz CT molecular complexity index is 485. The summed E-state index contributed by atoms with van der Waals surface area (Å²) < 4.78 is 5.96. The average molecular weight is 283 g/mol. The van der Waals surface area contributed by atoms with Gasteiger partial charge in [-0.2, -0.15) is 4.98 Å². The summed E-state index contributed by atoms with van der Waals surface area (Å²) in [6.45, 7) is 2.41. The van der Waals surface area contributed by atoms with Crippen LogP contribution >= 0.6 is 15.9 Å². The largest absolute Gasteiger partial charge is 0.339 e. The van der Waals surface area contributed by atoms with Crippen LogP contribution in [0.15, 0.2) is 27.3 Å². The van der Waals surface area contributed by atoms with Crippen LogP contribution < -0.4 is 5.73 Å². The molecule has 0 bridgehead atoms. The summed E-state index contributed by atoms with van der Waals surface area (Å²) in [5.41, 5.74) is 6.20. The van der Waals surface area contributed by atoms with Gasteiger partial charge < -0.3 is 10.3 Å². The maximum atomic E-state index is 5.53. The van der Waals surface area contributed by atoms with Crippen molar-refractivity contribution < 1.29 is 4.52 Å². The van der Waals surface area contributed by atoms with Crippen molar-refractivity contribution in [1.82, 2.24) is 15.1 Å². The highest BCUT2D eigenvalue weighted by atomic mass is 79.9. The quantitative estimate of drug-likeness (QED) is 0.931. The van der Waals surface area contributed by atoms with Crippen molar-refractivity contribution in [2.24, 2.45) is 5.73 Å². The van der Waals surface area contributed by atoms with Gasteiger partial charge in [0.1, 0.15) is 5.69 Å². The van der Waals surface area contributed by atoms with Crippen LogP contribution in [0.1, 0.15) is 18.7 Å². The molecule has 0 radical (unpaired) electrons. The number of pyridine rings is 1. The van der Waals surface area contributed by atoms with E-state index in [9.17, 15) is 0 Å². The number of hydrogen-bond donors (Lipinski definition) is 1. The van der Waals surface area contributed by atoms with Gasteiger partial charge in [0.2, 0.25) is 11.7 Å². The van der Waals surface area contributed by atoms with Gasteiger partial charge in [-0.05, 0) is 28.1 Å². The van der Waals surface area contributed by atoms with E-state index in [1.54, 1.807) is 6.20 Å². The van der Waals surface area contributed by atoms with Crippen molar-refractivity contribution in [3.8, 4) is 11.5 Å². The highest BCUT2D eigenvalue weighted by Gasteiger charge is 2.15. The number of nitrogens with zero attached hydrogens (tertiary/aromatic N) is 3. The molecular formula is C10H11BrN4O. The Labute approximate surface area is 101 Å². The maximum absolute atomic E-state index is 5.53. The molecule has 2 rings (SSSR count). The zero-order chi connectivity index (χ0) is 11.5. The van der Waals surface area contributed by atoms with E-state index in [1.807, 2.05) is 19.1 Å². The molecule has 6 heteroatoms. The monoisotopic (exact) mass is 282 g/mol. The highest BCUT2D eigenvalue weighted by Crippen LogP contribution is 2.24. The minimum Gasteiger partial charge on any atom is -0.339 e. The summed E-state index contributed by atoms with van der Waals surface area (Å²) in [5, 5.41) is 3.88. The summed E-state index contributed by atoms with van der Waals surface area (Å²) in [4.78, 5) is 8.45. The second kappa shape index (κ2) is 4.71. The normalized spacial score (nSPS) is 12.7. The van der Waals surface area contributed by atoms with Crippen LogP contribution in [0, 0.1) is 0 Å². The predicted octanol–water partition coefficient (Wildman–Crippen LogP) is 1.96. The molecule has 1 unspecified atom stereocenters. The van der Waals surface area contributed by atoms with E-state index < -0.39 is 0 Å². The van der Waals surface area contributed by atoms with E-state index in [0.717, 1.165) is 4.47 Å². The lowest BCUT2D eigenvalue weighted by Crippen LogP contribution is -2.09. The fourth-order valence-electron chi connectivity index (χ4n) is 1.18. The van der Waals surface area contributed by atoms with Crippen molar-refractivity contribution in [3.63, 3.8) is 0 Å². The first-order valence-corrected chi connectivity index (χ1v) is 5.66. The molecule has 0 fully saturated rings. The molecule has 0 amide bonds. The van der Waals surface area contributed by atoms with Crippen molar-refractivity contribution in [3.05, 3.63) is 28.7 Å². The van der Waals surface area contributed by atoms with Crippen LogP contribution in [0.3, 0.4) is 0 Å². The second-order valence-corrected chi connectivity index (χ2v) is 4.28. The van der Waals surface area contributed by atoms with E-state index >= 15 is 0 Å². The molecule has 2 N–H and O–H groups in total. The summed E-state index contributed by atoms with van der Waals surface area (Å²) in [6.07, 6.45) is 1.68. The standard InChI is InChI=1S/C10H11BrN4O/c1-6(5-12)10-14-9(15-16-10)8-7(11)3-2-4-13-8/h2-4,6H,5,12H2,1H3. The summed E-state index contributed by atoms with van der Waals surface area (Å²) >= 11 is 3.39. The van der Waals surface area contributed by atoms with Crippen molar-refractivity contribution in [2.75, 3.05) is 6.54 Å². The van der Waals surface area contributed by atoms with Gasteiger partial charge in [0.05, 0.1) is 0 Å². The Morgan fingerprint density at radius 2 is 2.38 bits per heavy atom. The molecule has 0 saturated heterocycles. The first-order valence-electron chi connectivity index (χ1n) is 4.87. The van der Waals surface area contributed by atoms with Crippen LogP contribution in [0.25, 0.3) is 11.5 Å². The second-order valence-electron chi connectivity index (χ2n) is 3.43. The lowest BCUT2D eigenvalue weighted by atomic mass is 10.2. The number of halogens is 1. The fourth-order valence-corrected chi connectivity index (χ4v) is 1.61. The fraction of sp³-hybridized carbons (Fsp3) is 0.300. The lowest BCUT2D eigenvalue weighted by molar-refractivity contribution is 0.361. The minimum absolute atomic E-state index is 0.0590. The van der Waals surface area contributed by atoms with E-state index in [0.29, 0.717) is 24.0 Å². The van der Waals surface area contributed by atoms with E-state index in [-0.39, 0.29) is 5.92 Å². The van der Waals surface area contributed by atoms with Crippen LogP contribution in [-0.4, -0.2) is 21.7 Å². The predicted molar refractivity (Wildman–Crippen MR) is 62.7 cm³/mol. The molecule has 0 spiro atoms. The van der Waals surface area contributed by atoms with Gasteiger partial charge in [-0.25, -0.2) is 0 Å². The first-order chi connectivity index (χ1) is 7.72. The minimum atomic E-state index is 0.0590. The van der Waals surface area contributed by atoms with Gasteiger partial charge in [-0.1, -0.05) is 12.1 Å². The molecule has 1 atom stereocenters. The topological polar surface area (TPSA) is 77.8 Å². The zero-order valence-corrected chi connectivity index (χ0v) is 10.3. The zero-order valence-electron chi connectivity index (χ0n) is 8.72. The van der Waals surface area contributed by atoms with Crippen molar-refractivity contribution in [2.45, 2.75) is 12.8 Å². The molecule has 5 nitrogen and oxygen atoms in total. The average Bonchev–Trinajstić information content (AvgIpc) is 2.78. The summed E-state index contributed by atoms with van der Waals surface area (Å²) in [5.74, 6) is 1.07. The Morgan fingerprint density at radius 3 is 3.06 bits per heavy atom. The molecule has 2 aromatic rings. The molecule has 0 aliphatic rings. The van der Waals surface area contributed by atoms with E-state index in [2.05, 4.69) is 31.1 Å². The van der Waals surface area contributed by atoms with Crippen molar-refractivity contribution in [1.29, 1.82) is 0 Å². The maximum Gasteiger partial charge on any atom is 0.231 e. The summed E-state index contributed by atoms with van der Waals surface area (Å²) in [7, 11) is 0.